The summed E-state index contributed by atoms with van der Waals surface area (Å²) in [7, 11) is 0. The molecule has 2 heterocycles. The van der Waals surface area contributed by atoms with E-state index in [1.807, 2.05) is 6.92 Å². The van der Waals surface area contributed by atoms with Crippen molar-refractivity contribution in [2.75, 3.05) is 32.8 Å². The van der Waals surface area contributed by atoms with Crippen LogP contribution in [0.5, 0.6) is 0 Å². The van der Waals surface area contributed by atoms with E-state index < -0.39 is 0 Å². The van der Waals surface area contributed by atoms with Gasteiger partial charge in [0.1, 0.15) is 6.61 Å². The van der Waals surface area contributed by atoms with Gasteiger partial charge in [0.05, 0.1) is 5.60 Å². The predicted molar refractivity (Wildman–Crippen MR) is 73.0 cm³/mol. The van der Waals surface area contributed by atoms with Crippen LogP contribution in [0.4, 0.5) is 0 Å². The SMILES string of the molecule is CC1(OCC(=O)NC2CCN(C3CC3)CC2)CNC1. The Morgan fingerprint density at radius 2 is 2.00 bits per heavy atom. The molecule has 2 aliphatic heterocycles. The van der Waals surface area contributed by atoms with Crippen LogP contribution in [-0.2, 0) is 9.53 Å². The molecule has 1 saturated carbocycles. The summed E-state index contributed by atoms with van der Waals surface area (Å²) in [5.74, 6) is 0.0398. The zero-order valence-corrected chi connectivity index (χ0v) is 11.8. The topological polar surface area (TPSA) is 53.6 Å². The van der Waals surface area contributed by atoms with Gasteiger partial charge in [0.15, 0.2) is 0 Å². The van der Waals surface area contributed by atoms with Crippen LogP contribution in [0.2, 0.25) is 0 Å². The monoisotopic (exact) mass is 267 g/mol. The van der Waals surface area contributed by atoms with Gasteiger partial charge in [-0.3, -0.25) is 4.79 Å². The molecule has 0 radical (unpaired) electrons. The lowest BCUT2D eigenvalue weighted by molar-refractivity contribution is -0.136. The van der Waals surface area contributed by atoms with Gasteiger partial charge in [-0.1, -0.05) is 0 Å². The summed E-state index contributed by atoms with van der Waals surface area (Å²) in [6.07, 6.45) is 4.91. The lowest BCUT2D eigenvalue weighted by Gasteiger charge is -2.39. The zero-order valence-electron chi connectivity index (χ0n) is 11.8. The average molecular weight is 267 g/mol. The predicted octanol–water partition coefficient (Wildman–Crippen LogP) is 0.108. The fourth-order valence-corrected chi connectivity index (χ4v) is 2.94. The highest BCUT2D eigenvalue weighted by atomic mass is 16.5. The number of hydrogen-bond acceptors (Lipinski definition) is 4. The van der Waals surface area contributed by atoms with Crippen molar-refractivity contribution in [3.63, 3.8) is 0 Å². The first kappa shape index (κ1) is 13.3. The standard InChI is InChI=1S/C14H25N3O2/c1-14(9-15-10-14)19-8-13(18)16-11-4-6-17(7-5-11)12-2-3-12/h11-12,15H,2-10H2,1H3,(H,16,18). The number of hydrogen-bond donors (Lipinski definition) is 2. The molecular weight excluding hydrogens is 242 g/mol. The van der Waals surface area contributed by atoms with Crippen LogP contribution in [0.3, 0.4) is 0 Å². The van der Waals surface area contributed by atoms with Crippen molar-refractivity contribution in [1.82, 2.24) is 15.5 Å². The van der Waals surface area contributed by atoms with Crippen molar-refractivity contribution in [3.05, 3.63) is 0 Å². The van der Waals surface area contributed by atoms with Crippen molar-refractivity contribution in [1.29, 1.82) is 0 Å². The van der Waals surface area contributed by atoms with Crippen molar-refractivity contribution in [2.24, 2.45) is 0 Å². The average Bonchev–Trinajstić information content (AvgIpc) is 3.19. The number of piperidine rings is 1. The van der Waals surface area contributed by atoms with Crippen LogP contribution in [0.25, 0.3) is 0 Å². The van der Waals surface area contributed by atoms with Gasteiger partial charge in [-0.2, -0.15) is 0 Å². The van der Waals surface area contributed by atoms with E-state index in [-0.39, 0.29) is 18.1 Å². The first-order valence-electron chi connectivity index (χ1n) is 7.53. The maximum atomic E-state index is 11.9. The van der Waals surface area contributed by atoms with Crippen molar-refractivity contribution >= 4 is 5.91 Å². The molecule has 5 nitrogen and oxygen atoms in total. The van der Waals surface area contributed by atoms with Crippen LogP contribution in [-0.4, -0.2) is 61.3 Å². The molecule has 0 bridgehead atoms. The number of carbonyl (C=O) groups excluding carboxylic acids is 1. The molecule has 2 N–H and O–H groups in total. The van der Waals surface area contributed by atoms with E-state index in [1.54, 1.807) is 0 Å². The van der Waals surface area contributed by atoms with E-state index in [2.05, 4.69) is 15.5 Å². The molecule has 3 fully saturated rings. The molecule has 1 amide bonds. The van der Waals surface area contributed by atoms with Crippen LogP contribution in [0, 0.1) is 0 Å². The van der Waals surface area contributed by atoms with Gasteiger partial charge in [0.2, 0.25) is 5.91 Å². The van der Waals surface area contributed by atoms with E-state index in [4.69, 9.17) is 4.74 Å². The zero-order chi connectivity index (χ0) is 13.3. The minimum atomic E-state index is -0.132. The number of nitrogens with one attached hydrogen (secondary N) is 2. The largest absolute Gasteiger partial charge is 0.363 e. The summed E-state index contributed by atoms with van der Waals surface area (Å²) in [6.45, 7) is 6.21. The van der Waals surface area contributed by atoms with Gasteiger partial charge < -0.3 is 20.3 Å². The molecule has 19 heavy (non-hydrogen) atoms. The van der Waals surface area contributed by atoms with Gasteiger partial charge in [-0.25, -0.2) is 0 Å². The maximum Gasteiger partial charge on any atom is 0.246 e. The highest BCUT2D eigenvalue weighted by Gasteiger charge is 2.34. The summed E-state index contributed by atoms with van der Waals surface area (Å²) in [6, 6.07) is 1.20. The van der Waals surface area contributed by atoms with E-state index in [1.165, 1.54) is 12.8 Å². The van der Waals surface area contributed by atoms with Crippen molar-refractivity contribution in [3.8, 4) is 0 Å². The third kappa shape index (κ3) is 3.46. The van der Waals surface area contributed by atoms with Crippen molar-refractivity contribution < 1.29 is 9.53 Å². The summed E-state index contributed by atoms with van der Waals surface area (Å²) >= 11 is 0. The van der Waals surface area contributed by atoms with Gasteiger partial charge in [0.25, 0.3) is 0 Å². The number of ether oxygens (including phenoxy) is 1. The van der Waals surface area contributed by atoms with E-state index in [0.717, 1.165) is 45.1 Å². The number of carbonyl (C=O) groups is 1. The summed E-state index contributed by atoms with van der Waals surface area (Å²) < 4.78 is 5.65. The minimum absolute atomic E-state index is 0.0398. The number of amides is 1. The lowest BCUT2D eigenvalue weighted by atomic mass is 10.0. The smallest absolute Gasteiger partial charge is 0.246 e. The van der Waals surface area contributed by atoms with Crippen molar-refractivity contribution in [2.45, 2.75) is 50.3 Å². The Morgan fingerprint density at radius 3 is 2.53 bits per heavy atom. The molecule has 3 rings (SSSR count). The molecule has 0 aromatic carbocycles. The molecule has 3 aliphatic rings. The van der Waals surface area contributed by atoms with Gasteiger partial charge >= 0.3 is 0 Å². The normalized spacial score (nSPS) is 27.8. The Morgan fingerprint density at radius 1 is 1.32 bits per heavy atom. The summed E-state index contributed by atoms with van der Waals surface area (Å²) in [5, 5.41) is 6.27. The molecular formula is C14H25N3O2. The van der Waals surface area contributed by atoms with Crippen LogP contribution >= 0.6 is 0 Å². The molecule has 0 aromatic heterocycles. The van der Waals surface area contributed by atoms with E-state index >= 15 is 0 Å². The highest BCUT2D eigenvalue weighted by molar-refractivity contribution is 5.77. The molecule has 2 saturated heterocycles. The number of nitrogens with zero attached hydrogens (tertiary/aromatic N) is 1. The van der Waals surface area contributed by atoms with Gasteiger partial charge in [-0.15, -0.1) is 0 Å². The van der Waals surface area contributed by atoms with E-state index in [9.17, 15) is 4.79 Å². The molecule has 1 aliphatic carbocycles. The van der Waals surface area contributed by atoms with Gasteiger partial charge in [-0.05, 0) is 32.6 Å². The first-order valence-corrected chi connectivity index (χ1v) is 7.53. The number of likely N-dealkylation sites (tertiary alicyclic amines) is 1. The Labute approximate surface area is 115 Å². The Hall–Kier alpha value is -0.650. The van der Waals surface area contributed by atoms with Crippen LogP contribution in [0.15, 0.2) is 0 Å². The van der Waals surface area contributed by atoms with E-state index in [0.29, 0.717) is 6.04 Å². The molecule has 0 aromatic rings. The fraction of sp³-hybridized carbons (Fsp3) is 0.929. The summed E-state index contributed by atoms with van der Waals surface area (Å²) in [5.41, 5.74) is -0.132. The molecule has 0 atom stereocenters. The second kappa shape index (κ2) is 5.38. The Kier molecular flexibility index (Phi) is 3.78. The fourth-order valence-electron chi connectivity index (χ4n) is 2.94. The number of rotatable bonds is 5. The third-order valence-corrected chi connectivity index (χ3v) is 4.51. The Bertz CT molecular complexity index is 332. The molecule has 108 valence electrons. The first-order chi connectivity index (χ1) is 9.15. The summed E-state index contributed by atoms with van der Waals surface area (Å²) in [4.78, 5) is 14.4. The third-order valence-electron chi connectivity index (χ3n) is 4.51. The molecule has 0 spiro atoms. The Balaban J connectivity index is 1.33. The minimum Gasteiger partial charge on any atom is -0.363 e. The second-order valence-electron chi connectivity index (χ2n) is 6.45. The highest BCUT2D eigenvalue weighted by Crippen LogP contribution is 2.29. The lowest BCUT2D eigenvalue weighted by Crippen LogP contribution is -2.60. The van der Waals surface area contributed by atoms with Gasteiger partial charge in [0, 0.05) is 38.3 Å². The molecule has 5 heteroatoms. The second-order valence-corrected chi connectivity index (χ2v) is 6.45. The van der Waals surface area contributed by atoms with Crippen LogP contribution < -0.4 is 10.6 Å². The molecule has 0 unspecified atom stereocenters. The van der Waals surface area contributed by atoms with Crippen LogP contribution in [0.1, 0.15) is 32.6 Å². The quantitative estimate of drug-likeness (QED) is 0.742. The maximum absolute atomic E-state index is 11.9.